The molecule has 1 aliphatic heterocycles. The first kappa shape index (κ1) is 25.6. The molecule has 0 aromatic heterocycles. The van der Waals surface area contributed by atoms with Crippen molar-refractivity contribution < 1.29 is 23.5 Å². The SMILES string of the molecule is COc1cc(/C=C2/SC(=O)N(Cc3ccc(F)cc3Cl)C2=O)cc(Br)c1OCc1ccccc1Cl. The van der Waals surface area contributed by atoms with Crippen LogP contribution in [-0.4, -0.2) is 23.2 Å². The van der Waals surface area contributed by atoms with Gasteiger partial charge in [0.25, 0.3) is 11.1 Å². The second-order valence-electron chi connectivity index (χ2n) is 7.42. The van der Waals surface area contributed by atoms with Crippen LogP contribution in [0.15, 0.2) is 64.0 Å². The minimum absolute atomic E-state index is 0.0526. The highest BCUT2D eigenvalue weighted by molar-refractivity contribution is 9.10. The Labute approximate surface area is 223 Å². The Morgan fingerprint density at radius 1 is 1.06 bits per heavy atom. The fourth-order valence-corrected chi connectivity index (χ4v) is 5.17. The molecule has 3 aromatic rings. The number of benzene rings is 3. The van der Waals surface area contributed by atoms with Crippen LogP contribution in [0, 0.1) is 5.82 Å². The number of carbonyl (C=O) groups is 2. The highest BCUT2D eigenvalue weighted by Gasteiger charge is 2.35. The topological polar surface area (TPSA) is 55.8 Å². The third-order valence-corrected chi connectivity index (χ3v) is 7.31. The van der Waals surface area contributed by atoms with Crippen LogP contribution < -0.4 is 9.47 Å². The van der Waals surface area contributed by atoms with Gasteiger partial charge in [-0.15, -0.1) is 0 Å². The van der Waals surface area contributed by atoms with E-state index >= 15 is 0 Å². The van der Waals surface area contributed by atoms with Gasteiger partial charge < -0.3 is 9.47 Å². The average molecular weight is 597 g/mol. The van der Waals surface area contributed by atoms with Crippen molar-refractivity contribution in [3.63, 3.8) is 0 Å². The van der Waals surface area contributed by atoms with Gasteiger partial charge >= 0.3 is 0 Å². The van der Waals surface area contributed by atoms with Crippen LogP contribution in [0.1, 0.15) is 16.7 Å². The zero-order chi connectivity index (χ0) is 25.1. The average Bonchev–Trinajstić information content (AvgIpc) is 3.08. The maximum atomic E-state index is 13.3. The van der Waals surface area contributed by atoms with Crippen molar-refractivity contribution in [1.29, 1.82) is 0 Å². The van der Waals surface area contributed by atoms with Crippen LogP contribution in [-0.2, 0) is 17.9 Å². The molecule has 0 spiro atoms. The Hall–Kier alpha value is -2.52. The van der Waals surface area contributed by atoms with Crippen LogP contribution in [0.2, 0.25) is 10.0 Å². The molecule has 0 saturated carbocycles. The molecule has 1 heterocycles. The normalized spacial score (nSPS) is 14.7. The van der Waals surface area contributed by atoms with Crippen LogP contribution in [0.4, 0.5) is 9.18 Å². The monoisotopic (exact) mass is 595 g/mol. The number of halogens is 4. The van der Waals surface area contributed by atoms with Crippen molar-refractivity contribution in [3.8, 4) is 11.5 Å². The molecule has 0 aliphatic carbocycles. The lowest BCUT2D eigenvalue weighted by Gasteiger charge is -2.14. The Balaban J connectivity index is 1.54. The van der Waals surface area contributed by atoms with Gasteiger partial charge in [0, 0.05) is 15.6 Å². The van der Waals surface area contributed by atoms with Gasteiger partial charge in [0.15, 0.2) is 11.5 Å². The minimum atomic E-state index is -0.494. The van der Waals surface area contributed by atoms with Crippen molar-refractivity contribution in [3.05, 3.63) is 96.5 Å². The Kier molecular flexibility index (Phi) is 8.06. The van der Waals surface area contributed by atoms with E-state index in [1.807, 2.05) is 18.2 Å². The Bertz CT molecular complexity index is 1350. The van der Waals surface area contributed by atoms with E-state index in [9.17, 15) is 14.0 Å². The van der Waals surface area contributed by atoms with Crippen molar-refractivity contribution in [1.82, 2.24) is 4.90 Å². The quantitative estimate of drug-likeness (QED) is 0.261. The van der Waals surface area contributed by atoms with Gasteiger partial charge in [-0.1, -0.05) is 47.5 Å². The summed E-state index contributed by atoms with van der Waals surface area (Å²) in [5.74, 6) is -0.0419. The van der Waals surface area contributed by atoms with E-state index in [0.717, 1.165) is 28.3 Å². The van der Waals surface area contributed by atoms with Gasteiger partial charge in [0.1, 0.15) is 12.4 Å². The molecule has 180 valence electrons. The summed E-state index contributed by atoms with van der Waals surface area (Å²) in [6.07, 6.45) is 1.60. The zero-order valence-electron chi connectivity index (χ0n) is 18.2. The third-order valence-electron chi connectivity index (χ3n) is 5.10. The third kappa shape index (κ3) is 5.83. The Morgan fingerprint density at radius 2 is 1.83 bits per heavy atom. The number of amides is 2. The van der Waals surface area contributed by atoms with Gasteiger partial charge in [-0.2, -0.15) is 0 Å². The lowest BCUT2D eigenvalue weighted by molar-refractivity contribution is -0.123. The fourth-order valence-electron chi connectivity index (χ4n) is 3.34. The van der Waals surface area contributed by atoms with Crippen molar-refractivity contribution in [2.24, 2.45) is 0 Å². The number of rotatable bonds is 7. The number of imide groups is 1. The first-order chi connectivity index (χ1) is 16.8. The summed E-state index contributed by atoms with van der Waals surface area (Å²) in [6, 6.07) is 14.7. The van der Waals surface area contributed by atoms with Crippen molar-refractivity contribution in [2.75, 3.05) is 7.11 Å². The molecule has 0 unspecified atom stereocenters. The molecule has 1 saturated heterocycles. The first-order valence-electron chi connectivity index (χ1n) is 10.2. The van der Waals surface area contributed by atoms with E-state index in [4.69, 9.17) is 32.7 Å². The van der Waals surface area contributed by atoms with Crippen molar-refractivity contribution >= 4 is 68.1 Å². The Morgan fingerprint density at radius 3 is 2.54 bits per heavy atom. The second kappa shape index (κ2) is 11.0. The van der Waals surface area contributed by atoms with Gasteiger partial charge in [0.2, 0.25) is 0 Å². The molecule has 1 aliphatic rings. The minimum Gasteiger partial charge on any atom is -0.493 e. The number of thioether (sulfide) groups is 1. The van der Waals surface area contributed by atoms with Gasteiger partial charge in [-0.25, -0.2) is 4.39 Å². The molecule has 4 rings (SSSR count). The molecule has 2 amide bonds. The fraction of sp³-hybridized carbons (Fsp3) is 0.120. The molecule has 3 aromatic carbocycles. The summed E-state index contributed by atoms with van der Waals surface area (Å²) in [6.45, 7) is 0.182. The van der Waals surface area contributed by atoms with Gasteiger partial charge in [-0.05, 0) is 75.2 Å². The predicted molar refractivity (Wildman–Crippen MR) is 139 cm³/mol. The molecule has 5 nitrogen and oxygen atoms in total. The number of nitrogens with zero attached hydrogens (tertiary/aromatic N) is 1. The molecule has 1 fully saturated rings. The molecular weight excluding hydrogens is 580 g/mol. The summed E-state index contributed by atoms with van der Waals surface area (Å²) in [5, 5.41) is 0.304. The summed E-state index contributed by atoms with van der Waals surface area (Å²) in [7, 11) is 1.51. The van der Waals surface area contributed by atoms with Gasteiger partial charge in [0.05, 0.1) is 23.0 Å². The smallest absolute Gasteiger partial charge is 0.293 e. The standard InChI is InChI=1S/C25H17BrCl2FNO4S/c1-33-21-9-14(8-18(26)23(21)34-13-16-4-2-3-5-19(16)27)10-22-24(31)30(25(32)35-22)12-15-6-7-17(29)11-20(15)28/h2-11H,12-13H2,1H3/b22-10+. The summed E-state index contributed by atoms with van der Waals surface area (Å²) < 4.78 is 25.4. The van der Waals surface area contributed by atoms with Crippen LogP contribution in [0.25, 0.3) is 6.08 Å². The summed E-state index contributed by atoms with van der Waals surface area (Å²) in [4.78, 5) is 26.7. The largest absolute Gasteiger partial charge is 0.493 e. The number of methoxy groups -OCH3 is 1. The lowest BCUT2D eigenvalue weighted by atomic mass is 10.1. The first-order valence-corrected chi connectivity index (χ1v) is 12.6. The number of hydrogen-bond acceptors (Lipinski definition) is 5. The predicted octanol–water partition coefficient (Wildman–Crippen LogP) is 7.72. The van der Waals surface area contributed by atoms with E-state index in [1.54, 1.807) is 24.3 Å². The number of hydrogen-bond donors (Lipinski definition) is 0. The highest BCUT2D eigenvalue weighted by Crippen LogP contribution is 2.40. The molecule has 35 heavy (non-hydrogen) atoms. The van der Waals surface area contributed by atoms with Crippen LogP contribution >= 0.6 is 50.9 Å². The maximum Gasteiger partial charge on any atom is 0.293 e. The molecule has 0 atom stereocenters. The van der Waals surface area contributed by atoms with Crippen LogP contribution in [0.3, 0.4) is 0 Å². The molecule has 0 radical (unpaired) electrons. The number of carbonyl (C=O) groups excluding carboxylic acids is 2. The lowest BCUT2D eigenvalue weighted by Crippen LogP contribution is -2.27. The summed E-state index contributed by atoms with van der Waals surface area (Å²) in [5.41, 5.74) is 1.92. The number of ether oxygens (including phenoxy) is 2. The zero-order valence-corrected chi connectivity index (χ0v) is 22.1. The van der Waals surface area contributed by atoms with E-state index < -0.39 is 17.0 Å². The molecular formula is C25H17BrCl2FNO4S. The second-order valence-corrected chi connectivity index (χ2v) is 10.1. The molecule has 0 N–H and O–H groups in total. The van der Waals surface area contributed by atoms with Crippen LogP contribution in [0.5, 0.6) is 11.5 Å². The highest BCUT2D eigenvalue weighted by atomic mass is 79.9. The summed E-state index contributed by atoms with van der Waals surface area (Å²) >= 11 is 16.6. The van der Waals surface area contributed by atoms with Crippen molar-refractivity contribution in [2.45, 2.75) is 13.2 Å². The van der Waals surface area contributed by atoms with E-state index in [1.165, 1.54) is 19.2 Å². The van der Waals surface area contributed by atoms with E-state index in [-0.39, 0.29) is 23.1 Å². The van der Waals surface area contributed by atoms with E-state index in [0.29, 0.717) is 32.1 Å². The van der Waals surface area contributed by atoms with Gasteiger partial charge in [-0.3, -0.25) is 14.5 Å². The molecule has 10 heteroatoms. The van der Waals surface area contributed by atoms with E-state index in [2.05, 4.69) is 15.9 Å². The molecule has 0 bridgehead atoms. The maximum absolute atomic E-state index is 13.3.